The third-order valence-electron chi connectivity index (χ3n) is 3.05. The average Bonchev–Trinajstić information content (AvgIpc) is 2.87. The van der Waals surface area contributed by atoms with Gasteiger partial charge in [-0.25, -0.2) is 4.98 Å². The minimum atomic E-state index is 0.950. The second-order valence-corrected chi connectivity index (χ2v) is 4.38. The van der Waals surface area contributed by atoms with E-state index in [0.717, 1.165) is 12.1 Å². The molecule has 19 heavy (non-hydrogen) atoms. The molecule has 2 aromatic heterocycles. The molecule has 0 atom stereocenters. The Balaban J connectivity index is 0.000000637. The molecule has 3 rings (SSSR count). The second-order valence-electron chi connectivity index (χ2n) is 4.38. The predicted octanol–water partition coefficient (Wildman–Crippen LogP) is 4.49. The Kier molecular flexibility index (Phi) is 4.35. The lowest BCUT2D eigenvalue weighted by molar-refractivity contribution is 1.20. The first kappa shape index (κ1) is 13.3. The Bertz CT molecular complexity index is 636. The van der Waals surface area contributed by atoms with Crippen LogP contribution < -0.4 is 0 Å². The number of hydrogen-bond acceptors (Lipinski definition) is 1. The van der Waals surface area contributed by atoms with E-state index in [2.05, 4.69) is 53.4 Å². The van der Waals surface area contributed by atoms with E-state index in [1.165, 1.54) is 22.1 Å². The van der Waals surface area contributed by atoms with Crippen molar-refractivity contribution in [3.8, 4) is 0 Å². The van der Waals surface area contributed by atoms with Crippen molar-refractivity contribution in [3.63, 3.8) is 0 Å². The summed E-state index contributed by atoms with van der Waals surface area (Å²) in [6.45, 7) is 6.11. The summed E-state index contributed by atoms with van der Waals surface area (Å²) < 4.78 is 0. The van der Waals surface area contributed by atoms with Gasteiger partial charge in [-0.15, -0.1) is 0 Å². The number of nitrogens with one attached hydrogen (secondary N) is 1. The van der Waals surface area contributed by atoms with Gasteiger partial charge in [-0.05, 0) is 36.6 Å². The lowest BCUT2D eigenvalue weighted by Gasteiger charge is -2.00. The lowest BCUT2D eigenvalue weighted by atomic mass is 10.0. The third kappa shape index (κ3) is 3.02. The van der Waals surface area contributed by atoms with E-state index in [1.807, 2.05) is 26.1 Å². The predicted molar refractivity (Wildman–Crippen MR) is 81.4 cm³/mol. The minimum Gasteiger partial charge on any atom is -0.346 e. The SMILES string of the molecule is CC.Cc1ccc(Cc2c[nH]c3ncccc23)cc1. The smallest absolute Gasteiger partial charge is 0.137 e. The standard InChI is InChI=1S/C15H14N2.C2H6/c1-11-4-6-12(7-5-11)9-13-10-17-15-14(13)3-2-8-16-15;1-2/h2-8,10H,9H2,1H3,(H,16,17);1-2H3. The molecule has 0 unspecified atom stereocenters. The summed E-state index contributed by atoms with van der Waals surface area (Å²) in [4.78, 5) is 7.51. The highest BCUT2D eigenvalue weighted by Crippen LogP contribution is 2.19. The molecule has 2 heteroatoms. The molecule has 98 valence electrons. The maximum absolute atomic E-state index is 4.30. The maximum Gasteiger partial charge on any atom is 0.137 e. The summed E-state index contributed by atoms with van der Waals surface area (Å²) in [5.41, 5.74) is 4.90. The van der Waals surface area contributed by atoms with E-state index in [4.69, 9.17) is 0 Å². The Morgan fingerprint density at radius 3 is 2.53 bits per heavy atom. The summed E-state index contributed by atoms with van der Waals surface area (Å²) in [5, 5.41) is 1.22. The first-order valence-corrected chi connectivity index (χ1v) is 6.79. The van der Waals surface area contributed by atoms with E-state index >= 15 is 0 Å². The fourth-order valence-corrected chi connectivity index (χ4v) is 2.08. The number of aromatic amines is 1. The Morgan fingerprint density at radius 2 is 1.79 bits per heavy atom. The van der Waals surface area contributed by atoms with Crippen molar-refractivity contribution in [1.29, 1.82) is 0 Å². The van der Waals surface area contributed by atoms with Gasteiger partial charge in [-0.1, -0.05) is 43.7 Å². The normalized spacial score (nSPS) is 10.1. The number of aryl methyl sites for hydroxylation is 1. The molecule has 0 spiro atoms. The number of pyridine rings is 1. The van der Waals surface area contributed by atoms with Crippen LogP contribution in [0.25, 0.3) is 11.0 Å². The molecule has 0 amide bonds. The van der Waals surface area contributed by atoms with Gasteiger partial charge >= 0.3 is 0 Å². The van der Waals surface area contributed by atoms with Crippen molar-refractivity contribution in [2.24, 2.45) is 0 Å². The van der Waals surface area contributed by atoms with Gasteiger partial charge in [0.05, 0.1) is 0 Å². The molecule has 0 saturated heterocycles. The van der Waals surface area contributed by atoms with Gasteiger partial charge in [0.15, 0.2) is 0 Å². The molecule has 3 aromatic rings. The second kappa shape index (κ2) is 6.19. The van der Waals surface area contributed by atoms with Gasteiger partial charge in [0.1, 0.15) is 5.65 Å². The molecular weight excluding hydrogens is 232 g/mol. The van der Waals surface area contributed by atoms with Crippen LogP contribution in [0.15, 0.2) is 48.8 Å². The molecule has 0 radical (unpaired) electrons. The summed E-state index contributed by atoms with van der Waals surface area (Å²) in [5.74, 6) is 0. The van der Waals surface area contributed by atoms with Gasteiger partial charge in [0.25, 0.3) is 0 Å². The molecule has 2 heterocycles. The van der Waals surface area contributed by atoms with Crippen molar-refractivity contribution < 1.29 is 0 Å². The van der Waals surface area contributed by atoms with Gasteiger partial charge < -0.3 is 4.98 Å². The molecule has 2 nitrogen and oxygen atoms in total. The van der Waals surface area contributed by atoms with Gasteiger partial charge in [0.2, 0.25) is 0 Å². The fourth-order valence-electron chi connectivity index (χ4n) is 2.08. The van der Waals surface area contributed by atoms with Gasteiger partial charge in [-0.3, -0.25) is 0 Å². The molecule has 0 aliphatic heterocycles. The monoisotopic (exact) mass is 252 g/mol. The number of H-pyrrole nitrogens is 1. The van der Waals surface area contributed by atoms with Crippen molar-refractivity contribution in [1.82, 2.24) is 9.97 Å². The van der Waals surface area contributed by atoms with Crippen LogP contribution in [0.3, 0.4) is 0 Å². The van der Waals surface area contributed by atoms with Crippen LogP contribution in [0.1, 0.15) is 30.5 Å². The molecular formula is C17H20N2. The van der Waals surface area contributed by atoms with Crippen LogP contribution in [-0.4, -0.2) is 9.97 Å². The zero-order valence-corrected chi connectivity index (χ0v) is 11.8. The molecule has 0 aliphatic carbocycles. The van der Waals surface area contributed by atoms with Crippen molar-refractivity contribution in [3.05, 3.63) is 65.5 Å². The average molecular weight is 252 g/mol. The van der Waals surface area contributed by atoms with Gasteiger partial charge in [-0.2, -0.15) is 0 Å². The van der Waals surface area contributed by atoms with Crippen LogP contribution in [0.4, 0.5) is 0 Å². The van der Waals surface area contributed by atoms with Crippen molar-refractivity contribution >= 4 is 11.0 Å². The highest BCUT2D eigenvalue weighted by molar-refractivity contribution is 5.79. The van der Waals surface area contributed by atoms with Crippen LogP contribution in [-0.2, 0) is 6.42 Å². The topological polar surface area (TPSA) is 28.7 Å². The Morgan fingerprint density at radius 1 is 1.05 bits per heavy atom. The van der Waals surface area contributed by atoms with Crippen molar-refractivity contribution in [2.75, 3.05) is 0 Å². The first-order valence-electron chi connectivity index (χ1n) is 6.79. The number of aromatic nitrogens is 2. The first-order chi connectivity index (χ1) is 9.33. The molecule has 0 bridgehead atoms. The van der Waals surface area contributed by atoms with E-state index in [9.17, 15) is 0 Å². The minimum absolute atomic E-state index is 0.950. The largest absolute Gasteiger partial charge is 0.346 e. The highest BCUT2D eigenvalue weighted by atomic mass is 14.8. The Hall–Kier alpha value is -2.09. The fraction of sp³-hybridized carbons (Fsp3) is 0.235. The zero-order chi connectivity index (χ0) is 13.7. The number of rotatable bonds is 2. The van der Waals surface area contributed by atoms with Crippen LogP contribution in [0, 0.1) is 6.92 Å². The van der Waals surface area contributed by atoms with Crippen LogP contribution in [0.5, 0.6) is 0 Å². The molecule has 1 N–H and O–H groups in total. The number of nitrogens with zero attached hydrogens (tertiary/aromatic N) is 1. The van der Waals surface area contributed by atoms with Gasteiger partial charge in [0, 0.05) is 17.8 Å². The molecule has 1 aromatic carbocycles. The summed E-state index contributed by atoms with van der Waals surface area (Å²) in [6, 6.07) is 12.8. The zero-order valence-electron chi connectivity index (χ0n) is 11.8. The van der Waals surface area contributed by atoms with Crippen LogP contribution >= 0.6 is 0 Å². The Labute approximate surface area is 114 Å². The molecule has 0 saturated carbocycles. The van der Waals surface area contributed by atoms with E-state index in [-0.39, 0.29) is 0 Å². The number of benzene rings is 1. The summed E-state index contributed by atoms with van der Waals surface area (Å²) in [6.07, 6.45) is 4.82. The number of fused-ring (bicyclic) bond motifs is 1. The van der Waals surface area contributed by atoms with Crippen LogP contribution in [0.2, 0.25) is 0 Å². The van der Waals surface area contributed by atoms with E-state index in [0.29, 0.717) is 0 Å². The molecule has 0 aliphatic rings. The van der Waals surface area contributed by atoms with E-state index in [1.54, 1.807) is 0 Å². The number of hydrogen-bond donors (Lipinski definition) is 1. The maximum atomic E-state index is 4.30. The molecule has 0 fully saturated rings. The summed E-state index contributed by atoms with van der Waals surface area (Å²) >= 11 is 0. The summed E-state index contributed by atoms with van der Waals surface area (Å²) in [7, 11) is 0. The van der Waals surface area contributed by atoms with Crippen molar-refractivity contribution in [2.45, 2.75) is 27.2 Å². The third-order valence-corrected chi connectivity index (χ3v) is 3.05. The van der Waals surface area contributed by atoms with E-state index < -0.39 is 0 Å². The quantitative estimate of drug-likeness (QED) is 0.715. The lowest BCUT2D eigenvalue weighted by Crippen LogP contribution is -1.86. The highest BCUT2D eigenvalue weighted by Gasteiger charge is 2.04.